The average molecular weight is 393 g/mol. The van der Waals surface area contributed by atoms with Crippen LogP contribution in [0.1, 0.15) is 32.1 Å². The third kappa shape index (κ3) is 5.02. The lowest BCUT2D eigenvalue weighted by molar-refractivity contribution is 0.0954. The van der Waals surface area contributed by atoms with Crippen molar-refractivity contribution in [3.63, 3.8) is 0 Å². The van der Waals surface area contributed by atoms with Gasteiger partial charge in [0.1, 0.15) is 0 Å². The number of hydrogen-bond acceptors (Lipinski definition) is 4. The Hall–Kier alpha value is -3.51. The first-order chi connectivity index (χ1) is 13.5. The van der Waals surface area contributed by atoms with Crippen LogP contribution < -0.4 is 10.7 Å². The van der Waals surface area contributed by atoms with Crippen molar-refractivity contribution in [2.24, 2.45) is 5.10 Å². The highest BCUT2D eigenvalue weighted by Crippen LogP contribution is 2.17. The molecule has 28 heavy (non-hydrogen) atoms. The summed E-state index contributed by atoms with van der Waals surface area (Å²) in [6, 6.07) is 18.8. The van der Waals surface area contributed by atoms with E-state index in [-0.39, 0.29) is 11.8 Å². The number of aromatic nitrogens is 1. The van der Waals surface area contributed by atoms with E-state index in [1.807, 2.05) is 19.1 Å². The van der Waals surface area contributed by atoms with E-state index in [9.17, 15) is 9.59 Å². The second kappa shape index (κ2) is 8.92. The summed E-state index contributed by atoms with van der Waals surface area (Å²) < 4.78 is 0. The number of nitrogens with zero attached hydrogens (tertiary/aromatic N) is 2. The summed E-state index contributed by atoms with van der Waals surface area (Å²) in [7, 11) is 0. The molecule has 0 unspecified atom stereocenters. The van der Waals surface area contributed by atoms with Crippen molar-refractivity contribution in [1.82, 2.24) is 10.4 Å². The number of carbonyl (C=O) groups excluding carboxylic acids is 2. The SMILES string of the molecule is Cc1cccc(/C=N\NC(=O)c2ccc(NC(=O)c3ccccc3Cl)cc2)n1. The fourth-order valence-electron chi connectivity index (χ4n) is 2.41. The van der Waals surface area contributed by atoms with Crippen molar-refractivity contribution < 1.29 is 9.59 Å². The molecule has 2 amide bonds. The van der Waals surface area contributed by atoms with Gasteiger partial charge in [0.05, 0.1) is 22.5 Å². The number of anilines is 1. The molecule has 0 saturated carbocycles. The van der Waals surface area contributed by atoms with Gasteiger partial charge in [0.15, 0.2) is 0 Å². The van der Waals surface area contributed by atoms with Gasteiger partial charge in [-0.25, -0.2) is 5.43 Å². The van der Waals surface area contributed by atoms with E-state index in [4.69, 9.17) is 11.6 Å². The van der Waals surface area contributed by atoms with Gasteiger partial charge in [0, 0.05) is 16.9 Å². The van der Waals surface area contributed by atoms with Gasteiger partial charge < -0.3 is 5.32 Å². The molecule has 0 aliphatic carbocycles. The number of nitrogens with one attached hydrogen (secondary N) is 2. The van der Waals surface area contributed by atoms with Gasteiger partial charge in [-0.3, -0.25) is 14.6 Å². The Labute approximate surface area is 167 Å². The monoisotopic (exact) mass is 392 g/mol. The minimum atomic E-state index is -0.368. The zero-order valence-electron chi connectivity index (χ0n) is 15.0. The molecular formula is C21H17ClN4O2. The topological polar surface area (TPSA) is 83.5 Å². The lowest BCUT2D eigenvalue weighted by Crippen LogP contribution is -2.18. The minimum Gasteiger partial charge on any atom is -0.322 e. The summed E-state index contributed by atoms with van der Waals surface area (Å²) in [5, 5.41) is 7.02. The van der Waals surface area contributed by atoms with Crippen LogP contribution in [0.5, 0.6) is 0 Å². The van der Waals surface area contributed by atoms with Crippen molar-refractivity contribution in [3.8, 4) is 0 Å². The number of amides is 2. The molecule has 0 aliphatic rings. The Balaban J connectivity index is 1.60. The van der Waals surface area contributed by atoms with Crippen molar-refractivity contribution in [2.75, 3.05) is 5.32 Å². The van der Waals surface area contributed by atoms with Crippen molar-refractivity contribution >= 4 is 35.3 Å². The van der Waals surface area contributed by atoms with E-state index >= 15 is 0 Å². The van der Waals surface area contributed by atoms with E-state index in [0.29, 0.717) is 27.5 Å². The Bertz CT molecular complexity index is 1030. The third-order valence-electron chi connectivity index (χ3n) is 3.80. The molecule has 7 heteroatoms. The van der Waals surface area contributed by atoms with Crippen LogP contribution in [0.2, 0.25) is 5.02 Å². The third-order valence-corrected chi connectivity index (χ3v) is 4.13. The Morgan fingerprint density at radius 2 is 1.71 bits per heavy atom. The minimum absolute atomic E-state index is 0.321. The van der Waals surface area contributed by atoms with E-state index in [1.54, 1.807) is 54.6 Å². The summed E-state index contributed by atoms with van der Waals surface area (Å²) in [4.78, 5) is 28.7. The van der Waals surface area contributed by atoms with Crippen LogP contribution in [0.4, 0.5) is 5.69 Å². The van der Waals surface area contributed by atoms with Crippen LogP contribution in [0, 0.1) is 6.92 Å². The molecular weight excluding hydrogens is 376 g/mol. The number of aryl methyl sites for hydroxylation is 1. The van der Waals surface area contributed by atoms with Crippen LogP contribution in [0.25, 0.3) is 0 Å². The predicted molar refractivity (Wildman–Crippen MR) is 110 cm³/mol. The fourth-order valence-corrected chi connectivity index (χ4v) is 2.63. The van der Waals surface area contributed by atoms with E-state index < -0.39 is 0 Å². The van der Waals surface area contributed by atoms with Gasteiger partial charge in [-0.05, 0) is 55.5 Å². The number of carbonyl (C=O) groups is 2. The van der Waals surface area contributed by atoms with Crippen LogP contribution in [-0.4, -0.2) is 23.0 Å². The molecule has 0 radical (unpaired) electrons. The van der Waals surface area contributed by atoms with E-state index in [0.717, 1.165) is 5.69 Å². The van der Waals surface area contributed by atoms with E-state index in [2.05, 4.69) is 20.8 Å². The molecule has 1 aromatic heterocycles. The molecule has 0 aliphatic heterocycles. The van der Waals surface area contributed by atoms with Gasteiger partial charge in [-0.2, -0.15) is 5.10 Å². The Morgan fingerprint density at radius 1 is 0.964 bits per heavy atom. The van der Waals surface area contributed by atoms with Gasteiger partial charge in [-0.15, -0.1) is 0 Å². The molecule has 0 fully saturated rings. The Kier molecular flexibility index (Phi) is 6.14. The maximum Gasteiger partial charge on any atom is 0.271 e. The van der Waals surface area contributed by atoms with Crippen LogP contribution in [0.15, 0.2) is 71.8 Å². The van der Waals surface area contributed by atoms with Crippen LogP contribution in [0.3, 0.4) is 0 Å². The molecule has 0 spiro atoms. The number of hydrogen-bond donors (Lipinski definition) is 2. The zero-order valence-corrected chi connectivity index (χ0v) is 15.8. The van der Waals surface area contributed by atoms with Crippen molar-refractivity contribution in [3.05, 3.63) is 94.3 Å². The maximum atomic E-state index is 12.3. The van der Waals surface area contributed by atoms with Gasteiger partial charge >= 0.3 is 0 Å². The lowest BCUT2D eigenvalue weighted by atomic mass is 10.1. The van der Waals surface area contributed by atoms with Gasteiger partial charge in [0.25, 0.3) is 11.8 Å². The molecule has 2 N–H and O–H groups in total. The van der Waals surface area contributed by atoms with Crippen LogP contribution >= 0.6 is 11.6 Å². The molecule has 1 heterocycles. The molecule has 3 rings (SSSR count). The largest absolute Gasteiger partial charge is 0.322 e. The second-order valence-corrected chi connectivity index (χ2v) is 6.32. The highest BCUT2D eigenvalue weighted by atomic mass is 35.5. The van der Waals surface area contributed by atoms with Gasteiger partial charge in [0.2, 0.25) is 0 Å². The Morgan fingerprint density at radius 3 is 2.43 bits per heavy atom. The fraction of sp³-hybridized carbons (Fsp3) is 0.0476. The van der Waals surface area contributed by atoms with E-state index in [1.165, 1.54) is 6.21 Å². The van der Waals surface area contributed by atoms with Crippen molar-refractivity contribution in [2.45, 2.75) is 6.92 Å². The molecule has 140 valence electrons. The summed E-state index contributed by atoms with van der Waals surface area (Å²) in [6.07, 6.45) is 1.48. The first-order valence-corrected chi connectivity index (χ1v) is 8.84. The summed E-state index contributed by atoms with van der Waals surface area (Å²) in [5.41, 5.74) is 5.30. The molecule has 2 aromatic carbocycles. The first kappa shape index (κ1) is 19.3. The molecule has 3 aromatic rings. The number of hydrazone groups is 1. The quantitative estimate of drug-likeness (QED) is 0.507. The standard InChI is InChI=1S/C21H17ClN4O2/c1-14-5-4-6-17(24-14)13-23-26-20(27)15-9-11-16(12-10-15)25-21(28)18-7-2-3-8-19(18)22/h2-13H,1H3,(H,25,28)(H,26,27)/b23-13-. The van der Waals surface area contributed by atoms with Gasteiger partial charge in [-0.1, -0.05) is 29.8 Å². The lowest BCUT2D eigenvalue weighted by Gasteiger charge is -2.07. The second-order valence-electron chi connectivity index (χ2n) is 5.91. The number of halogens is 1. The summed E-state index contributed by atoms with van der Waals surface area (Å²) in [5.74, 6) is -0.689. The smallest absolute Gasteiger partial charge is 0.271 e. The van der Waals surface area contributed by atoms with Crippen molar-refractivity contribution in [1.29, 1.82) is 0 Å². The molecule has 0 atom stereocenters. The average Bonchev–Trinajstić information content (AvgIpc) is 2.69. The molecule has 0 saturated heterocycles. The molecule has 0 bridgehead atoms. The summed E-state index contributed by atoms with van der Waals surface area (Å²) in [6.45, 7) is 1.88. The number of benzene rings is 2. The zero-order chi connectivity index (χ0) is 19.9. The first-order valence-electron chi connectivity index (χ1n) is 8.46. The highest BCUT2D eigenvalue weighted by molar-refractivity contribution is 6.34. The molecule has 6 nitrogen and oxygen atoms in total. The highest BCUT2D eigenvalue weighted by Gasteiger charge is 2.10. The summed E-state index contributed by atoms with van der Waals surface area (Å²) >= 11 is 6.02. The maximum absolute atomic E-state index is 12.3. The normalized spacial score (nSPS) is 10.6. The van der Waals surface area contributed by atoms with Crippen LogP contribution in [-0.2, 0) is 0 Å². The number of pyridine rings is 1. The number of rotatable bonds is 5. The predicted octanol–water partition coefficient (Wildman–Crippen LogP) is 4.06.